The highest BCUT2D eigenvalue weighted by atomic mass is 16.5. The Balaban J connectivity index is 1.56. The van der Waals surface area contributed by atoms with Gasteiger partial charge in [0.25, 0.3) is 0 Å². The van der Waals surface area contributed by atoms with E-state index in [1.54, 1.807) is 19.4 Å². The summed E-state index contributed by atoms with van der Waals surface area (Å²) in [5.74, 6) is 1.77. The van der Waals surface area contributed by atoms with Crippen LogP contribution in [0.15, 0.2) is 48.7 Å². The number of methoxy groups -OCH3 is 1. The van der Waals surface area contributed by atoms with E-state index >= 15 is 0 Å². The number of carboxylic acid groups (broad SMARTS) is 1. The Morgan fingerprint density at radius 3 is 2.59 bits per heavy atom. The Morgan fingerprint density at radius 1 is 1.16 bits per heavy atom. The topological polar surface area (TPSA) is 108 Å². The van der Waals surface area contributed by atoms with Gasteiger partial charge in [-0.15, -0.1) is 5.10 Å². The lowest BCUT2D eigenvalue weighted by atomic mass is 10.1. The summed E-state index contributed by atoms with van der Waals surface area (Å²) < 4.78 is 18.7. The third kappa shape index (κ3) is 5.29. The van der Waals surface area contributed by atoms with Crippen molar-refractivity contribution in [3.05, 3.63) is 48.7 Å². The van der Waals surface area contributed by atoms with E-state index in [0.717, 1.165) is 29.8 Å². The molecule has 0 radical (unpaired) electrons. The molecule has 32 heavy (non-hydrogen) atoms. The molecule has 0 aliphatic heterocycles. The van der Waals surface area contributed by atoms with Gasteiger partial charge in [0.2, 0.25) is 11.8 Å². The number of pyridine rings is 1. The molecule has 1 aromatic carbocycles. The summed E-state index contributed by atoms with van der Waals surface area (Å²) in [6.07, 6.45) is 5.32. The number of ether oxygens (including phenoxy) is 3. The molecule has 9 heteroatoms. The molecule has 0 bridgehead atoms. The van der Waals surface area contributed by atoms with Gasteiger partial charge in [-0.25, -0.2) is 14.5 Å². The van der Waals surface area contributed by atoms with E-state index in [1.807, 2.05) is 41.1 Å². The first-order valence-corrected chi connectivity index (χ1v) is 10.6. The molecule has 4 rings (SSSR count). The third-order valence-corrected chi connectivity index (χ3v) is 5.25. The van der Waals surface area contributed by atoms with Gasteiger partial charge >= 0.3 is 6.09 Å². The van der Waals surface area contributed by atoms with Crippen LogP contribution in [-0.2, 0) is 0 Å². The summed E-state index contributed by atoms with van der Waals surface area (Å²) in [6.45, 7) is 0.469. The predicted octanol–water partition coefficient (Wildman–Crippen LogP) is 3.91. The maximum atomic E-state index is 10.5. The number of nitrogens with zero attached hydrogens (tertiary/aromatic N) is 3. The summed E-state index contributed by atoms with van der Waals surface area (Å²) in [5.41, 5.74) is 2.59. The molecule has 2 heterocycles. The second-order valence-corrected chi connectivity index (χ2v) is 7.47. The van der Waals surface area contributed by atoms with Crippen LogP contribution in [-0.4, -0.2) is 52.3 Å². The van der Waals surface area contributed by atoms with E-state index in [0.29, 0.717) is 17.5 Å². The summed E-state index contributed by atoms with van der Waals surface area (Å²) in [7, 11) is 1.58. The van der Waals surface area contributed by atoms with Gasteiger partial charge in [-0.3, -0.25) is 0 Å². The molecule has 2 N–H and O–H groups in total. The summed E-state index contributed by atoms with van der Waals surface area (Å²) in [4.78, 5) is 14.8. The molecule has 1 amide bonds. The zero-order valence-corrected chi connectivity index (χ0v) is 17.9. The fourth-order valence-corrected chi connectivity index (χ4v) is 3.66. The average molecular weight is 438 g/mol. The van der Waals surface area contributed by atoms with Crippen LogP contribution in [0.25, 0.3) is 16.9 Å². The highest BCUT2D eigenvalue weighted by Crippen LogP contribution is 2.31. The van der Waals surface area contributed by atoms with Crippen molar-refractivity contribution in [2.24, 2.45) is 0 Å². The van der Waals surface area contributed by atoms with Gasteiger partial charge in [0.05, 0.1) is 31.2 Å². The van der Waals surface area contributed by atoms with E-state index in [2.05, 4.69) is 10.3 Å². The lowest BCUT2D eigenvalue weighted by Gasteiger charge is -2.10. The van der Waals surface area contributed by atoms with Crippen molar-refractivity contribution in [3.63, 3.8) is 0 Å². The van der Waals surface area contributed by atoms with Crippen molar-refractivity contribution in [2.45, 2.75) is 31.8 Å². The number of hydrogen-bond acceptors (Lipinski definition) is 6. The van der Waals surface area contributed by atoms with E-state index in [-0.39, 0.29) is 19.3 Å². The molecule has 1 saturated carbocycles. The van der Waals surface area contributed by atoms with Crippen molar-refractivity contribution >= 4 is 6.09 Å². The van der Waals surface area contributed by atoms with Gasteiger partial charge in [-0.2, -0.15) is 0 Å². The fraction of sp³-hybridized carbons (Fsp3) is 0.348. The normalized spacial score (nSPS) is 13.7. The summed E-state index contributed by atoms with van der Waals surface area (Å²) >= 11 is 0. The number of nitrogens with one attached hydrogen (secondary N) is 1. The number of amides is 1. The number of hydrogen-bond donors (Lipinski definition) is 2. The molecule has 1 aliphatic carbocycles. The average Bonchev–Trinajstić information content (AvgIpc) is 3.47. The molecule has 1 aliphatic rings. The van der Waals surface area contributed by atoms with Gasteiger partial charge in [0, 0.05) is 17.7 Å². The molecule has 0 atom stereocenters. The standard InChI is InChI=1S/C23H26N4O5/c1-30-21-11-8-17(15-25-21)27-20(14-22(26-27)32-19-4-2-3-5-19)16-6-9-18(10-7-16)31-13-12-24-23(28)29/h6-11,14-15,19,24H,2-5,12-13H2,1H3,(H,28,29). The van der Waals surface area contributed by atoms with Gasteiger partial charge in [0.1, 0.15) is 18.5 Å². The summed E-state index contributed by atoms with van der Waals surface area (Å²) in [6, 6.07) is 13.2. The first kappa shape index (κ1) is 21.5. The zero-order valence-electron chi connectivity index (χ0n) is 17.9. The Labute approximate surface area is 185 Å². The minimum atomic E-state index is -1.07. The van der Waals surface area contributed by atoms with Crippen LogP contribution in [0.3, 0.4) is 0 Å². The van der Waals surface area contributed by atoms with Crippen molar-refractivity contribution in [1.82, 2.24) is 20.1 Å². The summed E-state index contributed by atoms with van der Waals surface area (Å²) in [5, 5.41) is 15.6. The van der Waals surface area contributed by atoms with Gasteiger partial charge < -0.3 is 24.6 Å². The molecule has 1 fully saturated rings. The Bertz CT molecular complexity index is 1030. The largest absolute Gasteiger partial charge is 0.492 e. The zero-order chi connectivity index (χ0) is 22.3. The van der Waals surface area contributed by atoms with Crippen LogP contribution < -0.4 is 19.5 Å². The lowest BCUT2D eigenvalue weighted by molar-refractivity contribution is 0.191. The second-order valence-electron chi connectivity index (χ2n) is 7.47. The Morgan fingerprint density at radius 2 is 1.94 bits per heavy atom. The highest BCUT2D eigenvalue weighted by Gasteiger charge is 2.20. The van der Waals surface area contributed by atoms with Crippen molar-refractivity contribution in [1.29, 1.82) is 0 Å². The first-order chi connectivity index (χ1) is 15.6. The van der Waals surface area contributed by atoms with Crippen LogP contribution in [0.5, 0.6) is 17.5 Å². The molecule has 9 nitrogen and oxygen atoms in total. The number of benzene rings is 1. The molecule has 3 aromatic rings. The maximum Gasteiger partial charge on any atom is 0.404 e. The fourth-order valence-electron chi connectivity index (χ4n) is 3.66. The maximum absolute atomic E-state index is 10.5. The van der Waals surface area contributed by atoms with Crippen LogP contribution >= 0.6 is 0 Å². The van der Waals surface area contributed by atoms with E-state index in [4.69, 9.17) is 24.4 Å². The molecule has 0 unspecified atom stereocenters. The molecule has 0 saturated heterocycles. The highest BCUT2D eigenvalue weighted by molar-refractivity contribution is 5.65. The Kier molecular flexibility index (Phi) is 6.74. The van der Waals surface area contributed by atoms with Crippen LogP contribution in [0, 0.1) is 0 Å². The van der Waals surface area contributed by atoms with Crippen LogP contribution in [0.2, 0.25) is 0 Å². The second kappa shape index (κ2) is 10.0. The SMILES string of the molecule is COc1ccc(-n2nc(OC3CCCC3)cc2-c2ccc(OCCNC(=O)O)cc2)cn1. The quantitative estimate of drug-likeness (QED) is 0.488. The number of rotatable bonds is 9. The molecular weight excluding hydrogens is 412 g/mol. The molecule has 2 aromatic heterocycles. The Hall–Kier alpha value is -3.75. The van der Waals surface area contributed by atoms with E-state index in [9.17, 15) is 4.79 Å². The van der Waals surface area contributed by atoms with Gasteiger partial charge in [-0.05, 0) is 56.0 Å². The van der Waals surface area contributed by atoms with Crippen molar-refractivity contribution in [2.75, 3.05) is 20.3 Å². The van der Waals surface area contributed by atoms with Crippen LogP contribution in [0.4, 0.5) is 4.79 Å². The van der Waals surface area contributed by atoms with Gasteiger partial charge in [0.15, 0.2) is 0 Å². The first-order valence-electron chi connectivity index (χ1n) is 10.6. The van der Waals surface area contributed by atoms with Crippen molar-refractivity contribution < 1.29 is 24.1 Å². The van der Waals surface area contributed by atoms with E-state index < -0.39 is 6.09 Å². The van der Waals surface area contributed by atoms with Gasteiger partial charge in [-0.1, -0.05) is 0 Å². The molecular formula is C23H26N4O5. The minimum absolute atomic E-state index is 0.204. The smallest absolute Gasteiger partial charge is 0.404 e. The molecule has 168 valence electrons. The van der Waals surface area contributed by atoms with Crippen molar-refractivity contribution in [3.8, 4) is 34.5 Å². The molecule has 0 spiro atoms. The number of carbonyl (C=O) groups is 1. The van der Waals surface area contributed by atoms with E-state index in [1.165, 1.54) is 12.8 Å². The monoisotopic (exact) mass is 438 g/mol. The minimum Gasteiger partial charge on any atom is -0.492 e. The third-order valence-electron chi connectivity index (χ3n) is 5.25. The number of aromatic nitrogens is 3. The predicted molar refractivity (Wildman–Crippen MR) is 118 cm³/mol. The van der Waals surface area contributed by atoms with Crippen LogP contribution in [0.1, 0.15) is 25.7 Å². The lowest BCUT2D eigenvalue weighted by Crippen LogP contribution is -2.26.